The highest BCUT2D eigenvalue weighted by atomic mass is 32.1. The molecule has 4 nitrogen and oxygen atoms in total. The second-order valence-electron chi connectivity index (χ2n) is 5.05. The summed E-state index contributed by atoms with van der Waals surface area (Å²) in [6, 6.07) is 10.8. The Morgan fingerprint density at radius 3 is 2.78 bits per heavy atom. The molecule has 0 unspecified atom stereocenters. The van der Waals surface area contributed by atoms with Crippen LogP contribution in [0.1, 0.15) is 5.69 Å². The fraction of sp³-hybridized carbons (Fsp3) is 0. The lowest BCUT2D eigenvalue weighted by molar-refractivity contribution is 1.29. The molecule has 0 bridgehead atoms. The number of nitriles is 1. The molecule has 0 aliphatic carbocycles. The van der Waals surface area contributed by atoms with Gasteiger partial charge < -0.3 is 0 Å². The number of hydrogen-bond donors (Lipinski definition) is 0. The number of aromatic nitrogens is 3. The Kier molecular flexibility index (Phi) is 2.73. The highest BCUT2D eigenvalue weighted by Gasteiger charge is 2.15. The highest BCUT2D eigenvalue weighted by Crippen LogP contribution is 2.39. The Hall–Kier alpha value is -2.40. The molecule has 108 valence electrons. The first-order chi connectivity index (χ1) is 11.3. The van der Waals surface area contributed by atoms with Crippen molar-refractivity contribution in [3.63, 3.8) is 0 Å². The number of hydrogen-bond acceptors (Lipinski definition) is 7. The van der Waals surface area contributed by atoms with Gasteiger partial charge in [0.25, 0.3) is 0 Å². The first kappa shape index (κ1) is 13.1. The molecule has 5 aromatic rings. The van der Waals surface area contributed by atoms with Crippen molar-refractivity contribution in [2.45, 2.75) is 0 Å². The molecule has 0 N–H and O–H groups in total. The highest BCUT2D eigenvalue weighted by molar-refractivity contribution is 7.22. The van der Waals surface area contributed by atoms with Gasteiger partial charge in [0, 0.05) is 26.0 Å². The first-order valence-electron chi connectivity index (χ1n) is 6.76. The maximum Gasteiger partial charge on any atom is 0.169 e. The van der Waals surface area contributed by atoms with Crippen LogP contribution >= 0.6 is 34.4 Å². The van der Waals surface area contributed by atoms with Crippen molar-refractivity contribution < 1.29 is 0 Å². The smallest absolute Gasteiger partial charge is 0.169 e. The summed E-state index contributed by atoms with van der Waals surface area (Å²) in [5.74, 6) is 0. The molecular formula is C16H6N4S3. The molecule has 0 aliphatic heterocycles. The van der Waals surface area contributed by atoms with Gasteiger partial charge in [0.15, 0.2) is 5.69 Å². The Bertz CT molecular complexity index is 1190. The summed E-state index contributed by atoms with van der Waals surface area (Å²) in [7, 11) is 0. The zero-order chi connectivity index (χ0) is 15.4. The summed E-state index contributed by atoms with van der Waals surface area (Å²) in [6.07, 6.45) is 1.73. The van der Waals surface area contributed by atoms with Crippen LogP contribution in [-0.2, 0) is 0 Å². The van der Waals surface area contributed by atoms with E-state index in [4.69, 9.17) is 5.26 Å². The molecule has 0 atom stereocenters. The van der Waals surface area contributed by atoms with Crippen LogP contribution in [0.4, 0.5) is 0 Å². The Morgan fingerprint density at radius 1 is 1.00 bits per heavy atom. The minimum atomic E-state index is 0.333. The largest absolute Gasteiger partial charge is 0.243 e. The van der Waals surface area contributed by atoms with Crippen LogP contribution in [0, 0.1) is 11.3 Å². The van der Waals surface area contributed by atoms with Crippen molar-refractivity contribution in [3.05, 3.63) is 41.5 Å². The van der Waals surface area contributed by atoms with Crippen LogP contribution in [0.15, 0.2) is 35.8 Å². The predicted molar refractivity (Wildman–Crippen MR) is 96.1 cm³/mol. The molecule has 0 amide bonds. The van der Waals surface area contributed by atoms with Crippen molar-refractivity contribution in [2.24, 2.45) is 0 Å². The van der Waals surface area contributed by atoms with Crippen molar-refractivity contribution >= 4 is 65.6 Å². The molecular weight excluding hydrogens is 344 g/mol. The minimum Gasteiger partial charge on any atom is -0.243 e. The molecule has 4 heterocycles. The molecule has 0 fully saturated rings. The van der Waals surface area contributed by atoms with Gasteiger partial charge in [-0.05, 0) is 40.4 Å². The van der Waals surface area contributed by atoms with Crippen molar-refractivity contribution in [1.82, 2.24) is 13.7 Å². The summed E-state index contributed by atoms with van der Waals surface area (Å²) in [5, 5.41) is 13.8. The van der Waals surface area contributed by atoms with Gasteiger partial charge in [-0.1, -0.05) is 0 Å². The molecule has 0 radical (unpaired) electrons. The Morgan fingerprint density at radius 2 is 1.87 bits per heavy atom. The van der Waals surface area contributed by atoms with Gasteiger partial charge in [-0.2, -0.15) is 14.0 Å². The third-order valence-corrected chi connectivity index (χ3v) is 6.29. The van der Waals surface area contributed by atoms with Gasteiger partial charge in [-0.15, -0.1) is 22.7 Å². The van der Waals surface area contributed by atoms with Crippen LogP contribution in [0.25, 0.3) is 41.6 Å². The number of pyridine rings is 1. The van der Waals surface area contributed by atoms with Crippen molar-refractivity contribution in [1.29, 1.82) is 5.26 Å². The Balaban J connectivity index is 1.80. The number of fused-ring (bicyclic) bond motifs is 3. The van der Waals surface area contributed by atoms with E-state index in [9.17, 15) is 0 Å². The number of nitrogens with zero attached hydrogens (tertiary/aromatic N) is 4. The van der Waals surface area contributed by atoms with E-state index < -0.39 is 0 Å². The molecule has 0 spiro atoms. The van der Waals surface area contributed by atoms with Gasteiger partial charge in [-0.3, -0.25) is 0 Å². The molecule has 23 heavy (non-hydrogen) atoms. The summed E-state index contributed by atoms with van der Waals surface area (Å²) in [5.41, 5.74) is 2.62. The maximum absolute atomic E-state index is 9.14. The molecule has 7 heteroatoms. The second kappa shape index (κ2) is 4.80. The topological polar surface area (TPSA) is 62.5 Å². The average Bonchev–Trinajstić information content (AvgIpc) is 3.29. The van der Waals surface area contributed by atoms with Crippen molar-refractivity contribution in [2.75, 3.05) is 0 Å². The van der Waals surface area contributed by atoms with E-state index in [1.54, 1.807) is 28.9 Å². The molecule has 1 aromatic carbocycles. The first-order valence-corrected chi connectivity index (χ1v) is 9.19. The number of thiophene rings is 2. The normalized spacial score (nSPS) is 11.4. The zero-order valence-corrected chi connectivity index (χ0v) is 13.9. The van der Waals surface area contributed by atoms with E-state index in [1.807, 2.05) is 0 Å². The molecule has 0 saturated heterocycles. The van der Waals surface area contributed by atoms with Gasteiger partial charge in [0.2, 0.25) is 0 Å². The van der Waals surface area contributed by atoms with Gasteiger partial charge >= 0.3 is 0 Å². The summed E-state index contributed by atoms with van der Waals surface area (Å²) >= 11 is 4.59. The monoisotopic (exact) mass is 350 g/mol. The standard InChI is InChI=1S/C16H6N4S3/c17-6-11-16-15(19-23-20-16)10(7-18-11)14-5-9-4-12-8(1-2-21-12)3-13(9)22-14/h1-5,7H. The van der Waals surface area contributed by atoms with Gasteiger partial charge in [0.1, 0.15) is 17.1 Å². The fourth-order valence-electron chi connectivity index (χ4n) is 2.66. The lowest BCUT2D eigenvalue weighted by Crippen LogP contribution is -1.87. The summed E-state index contributed by atoms with van der Waals surface area (Å²) < 4.78 is 11.1. The van der Waals surface area contributed by atoms with E-state index in [0.29, 0.717) is 11.2 Å². The van der Waals surface area contributed by atoms with E-state index in [-0.39, 0.29) is 0 Å². The van der Waals surface area contributed by atoms with Crippen LogP contribution in [-0.4, -0.2) is 13.7 Å². The van der Waals surface area contributed by atoms with E-state index >= 15 is 0 Å². The summed E-state index contributed by atoms with van der Waals surface area (Å²) in [4.78, 5) is 5.35. The molecule has 0 saturated carbocycles. The number of benzene rings is 1. The maximum atomic E-state index is 9.14. The van der Waals surface area contributed by atoms with E-state index in [2.05, 4.69) is 49.4 Å². The summed E-state index contributed by atoms with van der Waals surface area (Å²) in [6.45, 7) is 0. The van der Waals surface area contributed by atoms with Crippen molar-refractivity contribution in [3.8, 4) is 16.5 Å². The molecule has 0 aliphatic rings. The van der Waals surface area contributed by atoms with Gasteiger partial charge in [-0.25, -0.2) is 4.98 Å². The quantitative estimate of drug-likeness (QED) is 0.424. The zero-order valence-electron chi connectivity index (χ0n) is 11.5. The fourth-order valence-corrected chi connectivity index (χ4v) is 5.15. The van der Waals surface area contributed by atoms with Crippen LogP contribution < -0.4 is 0 Å². The molecule has 4 aromatic heterocycles. The van der Waals surface area contributed by atoms with Gasteiger partial charge in [0.05, 0.1) is 11.7 Å². The third kappa shape index (κ3) is 1.90. The van der Waals surface area contributed by atoms with Crippen LogP contribution in [0.3, 0.4) is 0 Å². The lowest BCUT2D eigenvalue weighted by atomic mass is 10.1. The average molecular weight is 350 g/mol. The Labute approximate surface area is 142 Å². The molecule has 5 rings (SSSR count). The van der Waals surface area contributed by atoms with Crippen LogP contribution in [0.2, 0.25) is 0 Å². The van der Waals surface area contributed by atoms with E-state index in [1.165, 1.54) is 20.2 Å². The predicted octanol–water partition coefficient (Wildman–Crippen LogP) is 5.05. The third-order valence-electron chi connectivity index (χ3n) is 3.75. The number of rotatable bonds is 1. The SMILES string of the molecule is N#Cc1ncc(-c2cc3cc4sccc4cc3s2)c2nsnc12. The van der Waals surface area contributed by atoms with E-state index in [0.717, 1.165) is 27.7 Å². The lowest BCUT2D eigenvalue weighted by Gasteiger charge is -1.98. The minimum absolute atomic E-state index is 0.333. The van der Waals surface area contributed by atoms with Crippen LogP contribution in [0.5, 0.6) is 0 Å². The second-order valence-corrected chi connectivity index (χ2v) is 7.61.